The first-order chi connectivity index (χ1) is 26.1. The number of fused-ring (bicyclic) bond motifs is 9. The molecule has 0 unspecified atom stereocenters. The molecule has 0 saturated heterocycles. The predicted octanol–water partition coefficient (Wildman–Crippen LogP) is 14.4. The summed E-state index contributed by atoms with van der Waals surface area (Å²) < 4.78 is 9.30. The Kier molecular flexibility index (Phi) is 6.58. The Bertz CT molecular complexity index is 2980. The zero-order valence-corrected chi connectivity index (χ0v) is 29.9. The first kappa shape index (κ1) is 30.2. The van der Waals surface area contributed by atoms with Gasteiger partial charge < -0.3 is 9.32 Å². The van der Waals surface area contributed by atoms with Gasteiger partial charge in [0.05, 0.1) is 0 Å². The Morgan fingerprint density at radius 2 is 1.08 bits per heavy atom. The van der Waals surface area contributed by atoms with Crippen molar-refractivity contribution in [1.82, 2.24) is 0 Å². The van der Waals surface area contributed by atoms with Crippen LogP contribution in [0.5, 0.6) is 0 Å². The summed E-state index contributed by atoms with van der Waals surface area (Å²) in [7, 11) is 0. The molecule has 0 atom stereocenters. The van der Waals surface area contributed by atoms with E-state index in [2.05, 4.69) is 194 Å². The number of anilines is 3. The van der Waals surface area contributed by atoms with E-state index in [-0.39, 0.29) is 5.41 Å². The summed E-state index contributed by atoms with van der Waals surface area (Å²) >= 11 is 1.85. The lowest BCUT2D eigenvalue weighted by Gasteiger charge is -2.28. The highest BCUT2D eigenvalue weighted by Gasteiger charge is 2.40. The summed E-state index contributed by atoms with van der Waals surface area (Å²) in [6.45, 7) is 2.37. The van der Waals surface area contributed by atoms with Gasteiger partial charge in [0.15, 0.2) is 0 Å². The fourth-order valence-corrected chi connectivity index (χ4v) is 9.91. The quantitative estimate of drug-likeness (QED) is 0.178. The molecule has 0 amide bonds. The molecule has 0 saturated carbocycles. The Hall–Kier alpha value is -6.42. The van der Waals surface area contributed by atoms with Crippen LogP contribution in [0.2, 0.25) is 0 Å². The van der Waals surface area contributed by atoms with Crippen LogP contribution in [0.25, 0.3) is 64.4 Å². The van der Waals surface area contributed by atoms with Crippen LogP contribution in [0.1, 0.15) is 23.6 Å². The van der Waals surface area contributed by atoms with Gasteiger partial charge >= 0.3 is 0 Å². The van der Waals surface area contributed by atoms with E-state index < -0.39 is 0 Å². The third-order valence-corrected chi connectivity index (χ3v) is 12.5. The molecular formula is C50H33NOS. The zero-order valence-electron chi connectivity index (χ0n) is 29.1. The number of hydrogen-bond donors (Lipinski definition) is 0. The number of para-hydroxylation sites is 2. The number of hydrogen-bond acceptors (Lipinski definition) is 3. The standard InChI is InChI=1S/C50H33NOS/c1-50(44-19-8-5-14-38(44)39-15-6-9-20-45(39)50)33-24-29-46-43(30-33)42-18-11-17-37(49(42)52-46)32-22-25-35(26-23-32)51(34-12-3-2-4-13-34)36-27-28-41-40-16-7-10-21-47(40)53-48(41)31-36/h2-31H,1H3. The van der Waals surface area contributed by atoms with Gasteiger partial charge in [-0.15, -0.1) is 11.3 Å². The van der Waals surface area contributed by atoms with E-state index in [1.165, 1.54) is 48.0 Å². The smallest absolute Gasteiger partial charge is 0.143 e. The van der Waals surface area contributed by atoms with Crippen molar-refractivity contribution >= 4 is 70.5 Å². The lowest BCUT2D eigenvalue weighted by Crippen LogP contribution is -2.22. The van der Waals surface area contributed by atoms with Gasteiger partial charge in [0.25, 0.3) is 0 Å². The molecule has 53 heavy (non-hydrogen) atoms. The molecule has 3 heteroatoms. The fraction of sp³-hybridized carbons (Fsp3) is 0.0400. The van der Waals surface area contributed by atoms with Gasteiger partial charge in [0.1, 0.15) is 11.2 Å². The minimum atomic E-state index is -0.259. The highest BCUT2D eigenvalue weighted by atomic mass is 32.1. The number of thiophene rings is 1. The maximum Gasteiger partial charge on any atom is 0.143 e. The molecular weight excluding hydrogens is 663 g/mol. The molecule has 2 heterocycles. The predicted molar refractivity (Wildman–Crippen MR) is 224 cm³/mol. The minimum absolute atomic E-state index is 0.259. The van der Waals surface area contributed by atoms with Crippen LogP contribution in [-0.4, -0.2) is 0 Å². The molecule has 0 fully saturated rings. The second-order valence-electron chi connectivity index (χ2n) is 14.2. The highest BCUT2D eigenvalue weighted by Crippen LogP contribution is 2.53. The molecule has 2 aromatic heterocycles. The van der Waals surface area contributed by atoms with E-state index in [0.29, 0.717) is 0 Å². The van der Waals surface area contributed by atoms with E-state index >= 15 is 0 Å². The van der Waals surface area contributed by atoms with Crippen LogP contribution in [0.15, 0.2) is 186 Å². The molecule has 250 valence electrons. The normalized spacial score (nSPS) is 13.2. The van der Waals surface area contributed by atoms with Crippen molar-refractivity contribution in [2.24, 2.45) is 0 Å². The van der Waals surface area contributed by atoms with Crippen molar-refractivity contribution in [2.75, 3.05) is 4.90 Å². The molecule has 0 radical (unpaired) electrons. The summed E-state index contributed by atoms with van der Waals surface area (Å²) in [6, 6.07) is 66.1. The van der Waals surface area contributed by atoms with Crippen LogP contribution in [-0.2, 0) is 5.41 Å². The third kappa shape index (κ3) is 4.51. The maximum atomic E-state index is 6.70. The van der Waals surface area contributed by atoms with E-state index in [9.17, 15) is 0 Å². The van der Waals surface area contributed by atoms with Crippen LogP contribution in [0, 0.1) is 0 Å². The largest absolute Gasteiger partial charge is 0.455 e. The Balaban J connectivity index is 1.00. The van der Waals surface area contributed by atoms with Gasteiger partial charge in [0.2, 0.25) is 0 Å². The average molecular weight is 696 g/mol. The third-order valence-electron chi connectivity index (χ3n) is 11.4. The molecule has 1 aliphatic carbocycles. The molecule has 2 nitrogen and oxygen atoms in total. The zero-order chi connectivity index (χ0) is 35.1. The summed E-state index contributed by atoms with van der Waals surface area (Å²) in [5.41, 5.74) is 13.8. The van der Waals surface area contributed by atoms with Gasteiger partial charge in [0, 0.05) is 59.0 Å². The fourth-order valence-electron chi connectivity index (χ4n) is 8.77. The van der Waals surface area contributed by atoms with Crippen molar-refractivity contribution in [3.63, 3.8) is 0 Å². The van der Waals surface area contributed by atoms with E-state index in [1.807, 2.05) is 11.3 Å². The van der Waals surface area contributed by atoms with Gasteiger partial charge in [-0.25, -0.2) is 0 Å². The van der Waals surface area contributed by atoms with Crippen molar-refractivity contribution in [1.29, 1.82) is 0 Å². The maximum absolute atomic E-state index is 6.70. The van der Waals surface area contributed by atoms with E-state index in [0.717, 1.165) is 50.1 Å². The Morgan fingerprint density at radius 3 is 1.87 bits per heavy atom. The molecule has 0 bridgehead atoms. The second kappa shape index (κ2) is 11.5. The topological polar surface area (TPSA) is 16.4 Å². The van der Waals surface area contributed by atoms with Crippen LogP contribution in [0.4, 0.5) is 17.1 Å². The van der Waals surface area contributed by atoms with Crippen molar-refractivity contribution in [3.05, 3.63) is 199 Å². The SMILES string of the molecule is CC1(c2ccc3oc4c(-c5ccc(N(c6ccccc6)c6ccc7c(c6)sc6ccccc67)cc5)cccc4c3c2)c2ccccc2-c2ccccc21. The molecule has 0 spiro atoms. The average Bonchev–Trinajstić information content (AvgIpc) is 3.87. The van der Waals surface area contributed by atoms with Gasteiger partial charge in [-0.3, -0.25) is 0 Å². The van der Waals surface area contributed by atoms with E-state index in [1.54, 1.807) is 0 Å². The van der Waals surface area contributed by atoms with Crippen molar-refractivity contribution in [2.45, 2.75) is 12.3 Å². The summed E-state index contributed by atoms with van der Waals surface area (Å²) in [4.78, 5) is 2.34. The Labute approximate surface area is 311 Å². The molecule has 0 N–H and O–H groups in total. The number of nitrogens with zero attached hydrogens (tertiary/aromatic N) is 1. The first-order valence-corrected chi connectivity index (χ1v) is 19.0. The summed E-state index contributed by atoms with van der Waals surface area (Å²) in [6.07, 6.45) is 0. The van der Waals surface area contributed by atoms with Crippen LogP contribution < -0.4 is 4.90 Å². The lowest BCUT2D eigenvalue weighted by atomic mass is 9.74. The number of rotatable bonds is 5. The molecule has 10 aromatic rings. The van der Waals surface area contributed by atoms with Crippen LogP contribution >= 0.6 is 11.3 Å². The van der Waals surface area contributed by atoms with Gasteiger partial charge in [-0.05, 0) is 94.9 Å². The summed E-state index contributed by atoms with van der Waals surface area (Å²) in [5.74, 6) is 0. The van der Waals surface area contributed by atoms with Gasteiger partial charge in [-0.1, -0.05) is 127 Å². The molecule has 11 rings (SSSR count). The minimum Gasteiger partial charge on any atom is -0.455 e. The number of benzene rings is 8. The molecule has 1 aliphatic rings. The first-order valence-electron chi connectivity index (χ1n) is 18.2. The Morgan fingerprint density at radius 1 is 0.453 bits per heavy atom. The van der Waals surface area contributed by atoms with Crippen LogP contribution in [0.3, 0.4) is 0 Å². The van der Waals surface area contributed by atoms with Crippen molar-refractivity contribution in [3.8, 4) is 22.3 Å². The monoisotopic (exact) mass is 695 g/mol. The second-order valence-corrected chi connectivity index (χ2v) is 15.3. The van der Waals surface area contributed by atoms with E-state index in [4.69, 9.17) is 4.42 Å². The summed E-state index contributed by atoms with van der Waals surface area (Å²) in [5, 5.41) is 4.89. The molecule has 0 aliphatic heterocycles. The lowest BCUT2D eigenvalue weighted by molar-refractivity contribution is 0.668. The number of furan rings is 1. The molecule has 8 aromatic carbocycles. The highest BCUT2D eigenvalue weighted by molar-refractivity contribution is 7.25. The van der Waals surface area contributed by atoms with Gasteiger partial charge in [-0.2, -0.15) is 0 Å². The van der Waals surface area contributed by atoms with Crippen molar-refractivity contribution < 1.29 is 4.42 Å².